The van der Waals surface area contributed by atoms with Gasteiger partial charge in [0.25, 0.3) is 0 Å². The van der Waals surface area contributed by atoms with E-state index in [1.54, 1.807) is 0 Å². The summed E-state index contributed by atoms with van der Waals surface area (Å²) in [5, 5.41) is 8.30. The third kappa shape index (κ3) is 3.82. The Kier molecular flexibility index (Phi) is 5.34. The fraction of sp³-hybridized carbons (Fsp3) is 0.400. The van der Waals surface area contributed by atoms with Crippen molar-refractivity contribution in [3.63, 3.8) is 0 Å². The standard InChI is InChI=1S/C20H27N5/c1-5-9-17-14-18(21-12-13-24(3)4)25-20(22-17)19(15(2)23-25)16-10-7-6-8-11-16/h6-8,10-11,14,21H,5,9,12-13H2,1-4H3. The number of likely N-dealkylation sites (N-methyl/N-ethyl adjacent to an activating group) is 1. The van der Waals surface area contributed by atoms with Crippen LogP contribution in [0.25, 0.3) is 16.8 Å². The zero-order valence-electron chi connectivity index (χ0n) is 15.6. The summed E-state index contributed by atoms with van der Waals surface area (Å²) in [6.07, 6.45) is 2.05. The lowest BCUT2D eigenvalue weighted by atomic mass is 10.1. The Hall–Kier alpha value is -2.40. The summed E-state index contributed by atoms with van der Waals surface area (Å²) in [6, 6.07) is 12.5. The molecule has 2 heterocycles. The minimum absolute atomic E-state index is 0.872. The lowest BCUT2D eigenvalue weighted by Gasteiger charge is -2.13. The van der Waals surface area contributed by atoms with Crippen molar-refractivity contribution in [3.05, 3.63) is 47.8 Å². The van der Waals surface area contributed by atoms with E-state index in [1.165, 1.54) is 0 Å². The summed E-state index contributed by atoms with van der Waals surface area (Å²) in [6.45, 7) is 6.08. The van der Waals surface area contributed by atoms with Gasteiger partial charge in [-0.2, -0.15) is 9.61 Å². The van der Waals surface area contributed by atoms with E-state index in [4.69, 9.17) is 10.1 Å². The van der Waals surface area contributed by atoms with Crippen LogP contribution in [0, 0.1) is 6.92 Å². The number of aromatic nitrogens is 3. The van der Waals surface area contributed by atoms with Gasteiger partial charge in [0.05, 0.1) is 5.69 Å². The highest BCUT2D eigenvalue weighted by atomic mass is 15.3. The van der Waals surface area contributed by atoms with Crippen molar-refractivity contribution >= 4 is 11.5 Å². The molecule has 5 nitrogen and oxygen atoms in total. The van der Waals surface area contributed by atoms with Gasteiger partial charge >= 0.3 is 0 Å². The number of anilines is 1. The summed E-state index contributed by atoms with van der Waals surface area (Å²) in [7, 11) is 4.16. The molecule has 0 bridgehead atoms. The second-order valence-electron chi connectivity index (χ2n) is 6.67. The van der Waals surface area contributed by atoms with E-state index in [0.29, 0.717) is 0 Å². The van der Waals surface area contributed by atoms with Crippen molar-refractivity contribution < 1.29 is 0 Å². The van der Waals surface area contributed by atoms with Crippen molar-refractivity contribution in [1.29, 1.82) is 0 Å². The molecule has 0 aliphatic heterocycles. The Balaban J connectivity index is 2.09. The third-order valence-electron chi connectivity index (χ3n) is 4.25. The minimum Gasteiger partial charge on any atom is -0.369 e. The van der Waals surface area contributed by atoms with Crippen LogP contribution in [0.15, 0.2) is 36.4 Å². The molecule has 0 saturated carbocycles. The first-order chi connectivity index (χ1) is 12.1. The summed E-state index contributed by atoms with van der Waals surface area (Å²) in [5.74, 6) is 1.01. The molecular formula is C20H27N5. The van der Waals surface area contributed by atoms with E-state index in [-0.39, 0.29) is 0 Å². The SMILES string of the molecule is CCCc1cc(NCCN(C)C)n2nc(C)c(-c3ccccc3)c2n1. The van der Waals surface area contributed by atoms with E-state index < -0.39 is 0 Å². The molecule has 0 spiro atoms. The zero-order valence-corrected chi connectivity index (χ0v) is 15.6. The van der Waals surface area contributed by atoms with E-state index >= 15 is 0 Å². The Morgan fingerprint density at radius 3 is 2.60 bits per heavy atom. The van der Waals surface area contributed by atoms with Gasteiger partial charge in [-0.3, -0.25) is 0 Å². The molecule has 0 aliphatic carbocycles. The number of aryl methyl sites for hydroxylation is 2. The molecule has 1 N–H and O–H groups in total. The first-order valence-electron chi connectivity index (χ1n) is 8.93. The Morgan fingerprint density at radius 2 is 1.92 bits per heavy atom. The monoisotopic (exact) mass is 337 g/mol. The van der Waals surface area contributed by atoms with Gasteiger partial charge < -0.3 is 10.2 Å². The zero-order chi connectivity index (χ0) is 17.8. The first-order valence-corrected chi connectivity index (χ1v) is 8.93. The molecule has 0 amide bonds. The van der Waals surface area contributed by atoms with Crippen molar-refractivity contribution in [1.82, 2.24) is 19.5 Å². The lowest BCUT2D eigenvalue weighted by Crippen LogP contribution is -2.22. The van der Waals surface area contributed by atoms with Gasteiger partial charge in [0, 0.05) is 30.4 Å². The molecule has 1 aromatic carbocycles. The number of nitrogens with one attached hydrogen (secondary N) is 1. The smallest absolute Gasteiger partial charge is 0.165 e. The molecule has 3 aromatic rings. The maximum absolute atomic E-state index is 4.92. The number of hydrogen-bond acceptors (Lipinski definition) is 4. The molecule has 5 heteroatoms. The van der Waals surface area contributed by atoms with Crippen LogP contribution in [0.4, 0.5) is 5.82 Å². The third-order valence-corrected chi connectivity index (χ3v) is 4.25. The summed E-state index contributed by atoms with van der Waals surface area (Å²) in [4.78, 5) is 7.08. The molecule has 3 rings (SSSR count). The molecule has 0 atom stereocenters. The van der Waals surface area contributed by atoms with Gasteiger partial charge in [-0.15, -0.1) is 0 Å². The number of nitrogens with zero attached hydrogens (tertiary/aromatic N) is 4. The van der Waals surface area contributed by atoms with Gasteiger partial charge in [0.1, 0.15) is 5.82 Å². The van der Waals surface area contributed by atoms with Crippen molar-refractivity contribution in [2.75, 3.05) is 32.5 Å². The summed E-state index contributed by atoms with van der Waals surface area (Å²) < 4.78 is 1.95. The highest BCUT2D eigenvalue weighted by Gasteiger charge is 2.16. The summed E-state index contributed by atoms with van der Waals surface area (Å²) in [5.41, 5.74) is 5.33. The van der Waals surface area contributed by atoms with Gasteiger partial charge in [-0.1, -0.05) is 43.7 Å². The normalized spacial score (nSPS) is 11.4. The highest BCUT2D eigenvalue weighted by Crippen LogP contribution is 2.29. The fourth-order valence-electron chi connectivity index (χ4n) is 3.03. The molecule has 0 radical (unpaired) electrons. The molecule has 25 heavy (non-hydrogen) atoms. The van der Waals surface area contributed by atoms with Gasteiger partial charge in [0.15, 0.2) is 5.65 Å². The average molecular weight is 337 g/mol. The average Bonchev–Trinajstić information content (AvgIpc) is 2.92. The lowest BCUT2D eigenvalue weighted by molar-refractivity contribution is 0.425. The second-order valence-corrected chi connectivity index (χ2v) is 6.67. The topological polar surface area (TPSA) is 45.5 Å². The Bertz CT molecular complexity index is 836. The number of rotatable bonds is 7. The van der Waals surface area contributed by atoms with Gasteiger partial charge in [-0.25, -0.2) is 4.98 Å². The Morgan fingerprint density at radius 1 is 1.16 bits per heavy atom. The first kappa shape index (κ1) is 17.4. The molecule has 0 unspecified atom stereocenters. The van der Waals surface area contributed by atoms with E-state index in [9.17, 15) is 0 Å². The second kappa shape index (κ2) is 7.66. The molecule has 0 aliphatic rings. The van der Waals surface area contributed by atoms with Crippen molar-refractivity contribution in [2.24, 2.45) is 0 Å². The van der Waals surface area contributed by atoms with Gasteiger partial charge in [-0.05, 0) is 33.0 Å². The van der Waals surface area contributed by atoms with Crippen LogP contribution in [0.3, 0.4) is 0 Å². The van der Waals surface area contributed by atoms with Crippen LogP contribution in [-0.2, 0) is 6.42 Å². The fourth-order valence-corrected chi connectivity index (χ4v) is 3.03. The maximum Gasteiger partial charge on any atom is 0.165 e. The maximum atomic E-state index is 4.92. The Labute approximate surface area is 149 Å². The van der Waals surface area contributed by atoms with Crippen molar-refractivity contribution in [3.8, 4) is 11.1 Å². The van der Waals surface area contributed by atoms with Crippen LogP contribution in [0.5, 0.6) is 0 Å². The minimum atomic E-state index is 0.872. The number of benzene rings is 1. The number of hydrogen-bond donors (Lipinski definition) is 1. The molecule has 0 fully saturated rings. The van der Waals surface area contributed by atoms with Crippen molar-refractivity contribution in [2.45, 2.75) is 26.7 Å². The molecule has 132 valence electrons. The van der Waals surface area contributed by atoms with E-state index in [0.717, 1.165) is 59.9 Å². The van der Waals surface area contributed by atoms with E-state index in [2.05, 4.69) is 68.5 Å². The predicted octanol–water partition coefficient (Wildman–Crippen LogP) is 3.63. The number of fused-ring (bicyclic) bond motifs is 1. The van der Waals surface area contributed by atoms with E-state index in [1.807, 2.05) is 10.6 Å². The molecule has 0 saturated heterocycles. The van der Waals surface area contributed by atoms with Crippen LogP contribution >= 0.6 is 0 Å². The van der Waals surface area contributed by atoms with Crippen LogP contribution in [0.1, 0.15) is 24.7 Å². The largest absolute Gasteiger partial charge is 0.369 e. The van der Waals surface area contributed by atoms with Crippen LogP contribution in [-0.4, -0.2) is 46.7 Å². The highest BCUT2D eigenvalue weighted by molar-refractivity contribution is 5.80. The summed E-state index contributed by atoms with van der Waals surface area (Å²) >= 11 is 0. The van der Waals surface area contributed by atoms with Crippen LogP contribution < -0.4 is 5.32 Å². The molecule has 2 aromatic heterocycles. The quantitative estimate of drug-likeness (QED) is 0.715. The molecular weight excluding hydrogens is 310 g/mol. The van der Waals surface area contributed by atoms with Crippen LogP contribution in [0.2, 0.25) is 0 Å². The van der Waals surface area contributed by atoms with Gasteiger partial charge in [0.2, 0.25) is 0 Å². The predicted molar refractivity (Wildman–Crippen MR) is 104 cm³/mol.